The maximum absolute atomic E-state index is 6.22. The van der Waals surface area contributed by atoms with Crippen molar-refractivity contribution in [1.82, 2.24) is 0 Å². The zero-order chi connectivity index (χ0) is 18.4. The highest BCUT2D eigenvalue weighted by Crippen LogP contribution is 2.34. The third-order valence-corrected chi connectivity index (χ3v) is 5.24. The number of aryl methyl sites for hydroxylation is 2. The van der Waals surface area contributed by atoms with Gasteiger partial charge in [-0.3, -0.25) is 0 Å². The lowest BCUT2D eigenvalue weighted by molar-refractivity contribution is 0.669. The summed E-state index contributed by atoms with van der Waals surface area (Å²) in [4.78, 5) is 0. The Morgan fingerprint density at radius 2 is 0.815 bits per heavy atom. The second-order valence-electron chi connectivity index (χ2n) is 7.26. The largest absolute Gasteiger partial charge is 0.456 e. The van der Waals surface area contributed by atoms with E-state index < -0.39 is 0 Å². The molecule has 0 N–H and O–H groups in total. The predicted molar refractivity (Wildman–Crippen MR) is 114 cm³/mol. The fourth-order valence-electron chi connectivity index (χ4n) is 3.63. The molecule has 0 amide bonds. The van der Waals surface area contributed by atoms with E-state index in [4.69, 9.17) is 4.42 Å². The molecular weight excluding hydrogens is 328 g/mol. The van der Waals surface area contributed by atoms with Crippen LogP contribution in [-0.2, 0) is 0 Å². The van der Waals surface area contributed by atoms with Gasteiger partial charge in [0.1, 0.15) is 11.2 Å². The Morgan fingerprint density at radius 3 is 1.22 bits per heavy atom. The van der Waals surface area contributed by atoms with E-state index in [9.17, 15) is 0 Å². The summed E-state index contributed by atoms with van der Waals surface area (Å²) in [6.07, 6.45) is 0. The molecule has 0 saturated carbocycles. The van der Waals surface area contributed by atoms with Gasteiger partial charge in [-0.15, -0.1) is 0 Å². The first-order chi connectivity index (χ1) is 13.2. The number of furan rings is 1. The number of hydrogen-bond acceptors (Lipinski definition) is 1. The lowest BCUT2D eigenvalue weighted by Crippen LogP contribution is -1.79. The van der Waals surface area contributed by atoms with Crippen LogP contribution in [0, 0.1) is 13.8 Å². The van der Waals surface area contributed by atoms with E-state index in [1.54, 1.807) is 0 Å². The number of rotatable bonds is 2. The van der Waals surface area contributed by atoms with Crippen molar-refractivity contribution < 1.29 is 4.42 Å². The number of hydrogen-bond donors (Lipinski definition) is 0. The van der Waals surface area contributed by atoms with Crippen LogP contribution in [0.25, 0.3) is 44.2 Å². The topological polar surface area (TPSA) is 13.1 Å². The van der Waals surface area contributed by atoms with Gasteiger partial charge in [0.05, 0.1) is 0 Å². The standard InChI is InChI=1S/C26H20O/c1-17-3-7-19(8-4-17)21-11-13-23-24-14-12-22(16-26(24)27-25(23)15-21)20-9-5-18(2)6-10-20/h3-16H,1-2H3. The van der Waals surface area contributed by atoms with Gasteiger partial charge in [-0.25, -0.2) is 0 Å². The molecule has 27 heavy (non-hydrogen) atoms. The summed E-state index contributed by atoms with van der Waals surface area (Å²) in [7, 11) is 0. The molecule has 0 radical (unpaired) electrons. The van der Waals surface area contributed by atoms with Gasteiger partial charge in [-0.05, 0) is 60.4 Å². The first kappa shape index (κ1) is 15.9. The molecular formula is C26H20O. The smallest absolute Gasteiger partial charge is 0.136 e. The molecule has 5 rings (SSSR count). The number of benzene rings is 4. The third-order valence-electron chi connectivity index (χ3n) is 5.24. The first-order valence-electron chi connectivity index (χ1n) is 9.28. The molecule has 0 aliphatic heterocycles. The average molecular weight is 348 g/mol. The first-order valence-corrected chi connectivity index (χ1v) is 9.28. The molecule has 4 aromatic carbocycles. The fraction of sp³-hybridized carbons (Fsp3) is 0.0769. The summed E-state index contributed by atoms with van der Waals surface area (Å²) in [6, 6.07) is 30.2. The Labute approximate surface area is 158 Å². The van der Waals surface area contributed by atoms with Crippen LogP contribution >= 0.6 is 0 Å². The van der Waals surface area contributed by atoms with E-state index in [1.165, 1.54) is 33.4 Å². The van der Waals surface area contributed by atoms with Gasteiger partial charge in [0.15, 0.2) is 0 Å². The molecule has 1 aromatic heterocycles. The Bertz CT molecular complexity index is 1160. The monoisotopic (exact) mass is 348 g/mol. The summed E-state index contributed by atoms with van der Waals surface area (Å²) in [5.74, 6) is 0. The molecule has 0 aliphatic rings. The quantitative estimate of drug-likeness (QED) is 0.321. The van der Waals surface area contributed by atoms with E-state index >= 15 is 0 Å². The average Bonchev–Trinajstić information content (AvgIpc) is 3.06. The van der Waals surface area contributed by atoms with Crippen molar-refractivity contribution in [2.75, 3.05) is 0 Å². The second-order valence-corrected chi connectivity index (χ2v) is 7.26. The van der Waals surface area contributed by atoms with Gasteiger partial charge in [0.25, 0.3) is 0 Å². The van der Waals surface area contributed by atoms with Crippen LogP contribution in [0.5, 0.6) is 0 Å². The minimum absolute atomic E-state index is 0.934. The number of fused-ring (bicyclic) bond motifs is 3. The van der Waals surface area contributed by atoms with Crippen molar-refractivity contribution in [3.8, 4) is 22.3 Å². The highest BCUT2D eigenvalue weighted by atomic mass is 16.3. The zero-order valence-corrected chi connectivity index (χ0v) is 15.5. The lowest BCUT2D eigenvalue weighted by Gasteiger charge is -2.02. The van der Waals surface area contributed by atoms with Crippen LogP contribution in [0.15, 0.2) is 89.3 Å². The van der Waals surface area contributed by atoms with E-state index in [1.807, 2.05) is 0 Å². The SMILES string of the molecule is Cc1ccc(-c2ccc3c(c2)oc2cc(-c4ccc(C)cc4)ccc23)cc1. The van der Waals surface area contributed by atoms with Crippen LogP contribution in [-0.4, -0.2) is 0 Å². The zero-order valence-electron chi connectivity index (χ0n) is 15.5. The highest BCUT2D eigenvalue weighted by molar-refractivity contribution is 6.06. The van der Waals surface area contributed by atoms with Gasteiger partial charge in [0, 0.05) is 10.8 Å². The van der Waals surface area contributed by atoms with Gasteiger partial charge >= 0.3 is 0 Å². The van der Waals surface area contributed by atoms with E-state index in [2.05, 4.69) is 98.8 Å². The van der Waals surface area contributed by atoms with Crippen LogP contribution in [0.4, 0.5) is 0 Å². The van der Waals surface area contributed by atoms with Crippen LogP contribution in [0.1, 0.15) is 11.1 Å². The molecule has 0 saturated heterocycles. The van der Waals surface area contributed by atoms with Crippen molar-refractivity contribution in [3.63, 3.8) is 0 Å². The predicted octanol–water partition coefficient (Wildman–Crippen LogP) is 7.54. The lowest BCUT2D eigenvalue weighted by atomic mass is 10.0. The molecule has 0 spiro atoms. The minimum atomic E-state index is 0.934. The van der Waals surface area contributed by atoms with E-state index in [-0.39, 0.29) is 0 Å². The van der Waals surface area contributed by atoms with Crippen LogP contribution < -0.4 is 0 Å². The molecule has 0 unspecified atom stereocenters. The summed E-state index contributed by atoms with van der Waals surface area (Å²) in [5, 5.41) is 2.33. The van der Waals surface area contributed by atoms with Crippen LogP contribution in [0.3, 0.4) is 0 Å². The Hall–Kier alpha value is -3.32. The van der Waals surface area contributed by atoms with Crippen molar-refractivity contribution in [1.29, 1.82) is 0 Å². The summed E-state index contributed by atoms with van der Waals surface area (Å²) in [6.45, 7) is 4.22. The van der Waals surface area contributed by atoms with E-state index in [0.29, 0.717) is 0 Å². The third kappa shape index (κ3) is 2.82. The van der Waals surface area contributed by atoms with Gasteiger partial charge in [-0.1, -0.05) is 71.8 Å². The fourth-order valence-corrected chi connectivity index (χ4v) is 3.63. The molecule has 1 heteroatoms. The second kappa shape index (κ2) is 6.14. The normalized spacial score (nSPS) is 11.3. The molecule has 1 heterocycles. The molecule has 0 fully saturated rings. The van der Waals surface area contributed by atoms with Crippen molar-refractivity contribution in [3.05, 3.63) is 96.1 Å². The maximum Gasteiger partial charge on any atom is 0.136 e. The Kier molecular flexibility index (Phi) is 3.61. The molecule has 0 aliphatic carbocycles. The Morgan fingerprint density at radius 1 is 0.444 bits per heavy atom. The molecule has 1 nitrogen and oxygen atoms in total. The van der Waals surface area contributed by atoms with Gasteiger partial charge in [-0.2, -0.15) is 0 Å². The van der Waals surface area contributed by atoms with Crippen molar-refractivity contribution >= 4 is 21.9 Å². The molecule has 0 atom stereocenters. The molecule has 130 valence electrons. The van der Waals surface area contributed by atoms with Crippen molar-refractivity contribution in [2.24, 2.45) is 0 Å². The summed E-state index contributed by atoms with van der Waals surface area (Å²) >= 11 is 0. The highest BCUT2D eigenvalue weighted by Gasteiger charge is 2.10. The van der Waals surface area contributed by atoms with Crippen LogP contribution in [0.2, 0.25) is 0 Å². The summed E-state index contributed by atoms with van der Waals surface area (Å²) in [5.41, 5.74) is 9.19. The van der Waals surface area contributed by atoms with E-state index in [0.717, 1.165) is 21.9 Å². The molecule has 5 aromatic rings. The van der Waals surface area contributed by atoms with Gasteiger partial charge in [0.2, 0.25) is 0 Å². The maximum atomic E-state index is 6.22. The summed E-state index contributed by atoms with van der Waals surface area (Å²) < 4.78 is 6.22. The molecule has 0 bridgehead atoms. The Balaban J connectivity index is 1.62. The van der Waals surface area contributed by atoms with Crippen molar-refractivity contribution in [2.45, 2.75) is 13.8 Å². The van der Waals surface area contributed by atoms with Gasteiger partial charge < -0.3 is 4.42 Å². The minimum Gasteiger partial charge on any atom is -0.456 e.